The first-order valence-corrected chi connectivity index (χ1v) is 7.87. The summed E-state index contributed by atoms with van der Waals surface area (Å²) < 4.78 is 1.06. The van der Waals surface area contributed by atoms with E-state index in [0.717, 1.165) is 20.8 Å². The van der Waals surface area contributed by atoms with Crippen LogP contribution in [0.2, 0.25) is 5.02 Å². The fourth-order valence-electron chi connectivity index (χ4n) is 1.66. The molecular formula is C14H14BrClN2S. The Labute approximate surface area is 130 Å². The molecular weight excluding hydrogens is 344 g/mol. The first-order chi connectivity index (χ1) is 9.04. The van der Waals surface area contributed by atoms with Crippen molar-refractivity contribution in [1.82, 2.24) is 4.98 Å². The zero-order valence-electron chi connectivity index (χ0n) is 10.4. The molecule has 100 valence electrons. The number of pyridine rings is 1. The summed E-state index contributed by atoms with van der Waals surface area (Å²) in [5.41, 5.74) is 7.04. The summed E-state index contributed by atoms with van der Waals surface area (Å²) in [5.74, 6) is 0. The monoisotopic (exact) mass is 356 g/mol. The molecule has 1 atom stereocenters. The molecule has 0 saturated heterocycles. The van der Waals surface area contributed by atoms with Crippen LogP contribution in [0.5, 0.6) is 0 Å². The van der Waals surface area contributed by atoms with Gasteiger partial charge in [-0.15, -0.1) is 0 Å². The van der Waals surface area contributed by atoms with Gasteiger partial charge in [-0.3, -0.25) is 0 Å². The minimum Gasteiger partial charge on any atom is -0.328 e. The summed E-state index contributed by atoms with van der Waals surface area (Å²) in [6.07, 6.45) is 2.53. The Morgan fingerprint density at radius 1 is 1.37 bits per heavy atom. The highest BCUT2D eigenvalue weighted by atomic mass is 79.9. The van der Waals surface area contributed by atoms with Gasteiger partial charge < -0.3 is 5.73 Å². The van der Waals surface area contributed by atoms with Crippen LogP contribution in [0.1, 0.15) is 12.5 Å². The number of halogens is 2. The molecule has 19 heavy (non-hydrogen) atoms. The van der Waals surface area contributed by atoms with Gasteiger partial charge in [-0.05, 0) is 59.1 Å². The Bertz CT molecular complexity index is 558. The molecule has 2 aromatic rings. The molecule has 0 saturated carbocycles. The van der Waals surface area contributed by atoms with Crippen LogP contribution in [0.25, 0.3) is 0 Å². The van der Waals surface area contributed by atoms with Crippen molar-refractivity contribution in [2.75, 3.05) is 0 Å². The van der Waals surface area contributed by atoms with E-state index >= 15 is 0 Å². The molecule has 1 heterocycles. The molecule has 1 unspecified atom stereocenters. The van der Waals surface area contributed by atoms with E-state index in [-0.39, 0.29) is 6.04 Å². The molecule has 1 aromatic carbocycles. The first-order valence-electron chi connectivity index (χ1n) is 5.88. The van der Waals surface area contributed by atoms with Gasteiger partial charge in [-0.25, -0.2) is 4.98 Å². The second-order valence-electron chi connectivity index (χ2n) is 4.36. The van der Waals surface area contributed by atoms with E-state index < -0.39 is 0 Å². The average Bonchev–Trinajstić information content (AvgIpc) is 2.34. The summed E-state index contributed by atoms with van der Waals surface area (Å²) >= 11 is 11.0. The highest BCUT2D eigenvalue weighted by Crippen LogP contribution is 2.33. The molecule has 1 aromatic heterocycles. The zero-order chi connectivity index (χ0) is 13.8. The summed E-state index contributed by atoms with van der Waals surface area (Å²) in [6, 6.07) is 10.2. The SMILES string of the molecule is CC(N)Cc1ccc(Sc2ccc(Cl)cn2)c(Br)c1. The van der Waals surface area contributed by atoms with Gasteiger partial charge in [0, 0.05) is 21.6 Å². The number of benzene rings is 1. The molecule has 2 nitrogen and oxygen atoms in total. The van der Waals surface area contributed by atoms with Crippen molar-refractivity contribution < 1.29 is 0 Å². The lowest BCUT2D eigenvalue weighted by Gasteiger charge is -2.08. The number of nitrogens with zero attached hydrogens (tertiary/aromatic N) is 1. The normalized spacial score (nSPS) is 12.4. The molecule has 0 aliphatic carbocycles. The van der Waals surface area contributed by atoms with Gasteiger partial charge >= 0.3 is 0 Å². The van der Waals surface area contributed by atoms with Crippen LogP contribution in [0.4, 0.5) is 0 Å². The largest absolute Gasteiger partial charge is 0.328 e. The molecule has 0 bridgehead atoms. The lowest BCUT2D eigenvalue weighted by molar-refractivity contribution is 0.737. The highest BCUT2D eigenvalue weighted by Gasteiger charge is 2.06. The fraction of sp³-hybridized carbons (Fsp3) is 0.214. The maximum atomic E-state index is 5.82. The van der Waals surface area contributed by atoms with Gasteiger partial charge in [-0.2, -0.15) is 0 Å². The predicted molar refractivity (Wildman–Crippen MR) is 84.9 cm³/mol. The first kappa shape index (κ1) is 14.9. The summed E-state index contributed by atoms with van der Waals surface area (Å²) in [4.78, 5) is 5.40. The molecule has 5 heteroatoms. The topological polar surface area (TPSA) is 38.9 Å². The highest BCUT2D eigenvalue weighted by molar-refractivity contribution is 9.10. The van der Waals surface area contributed by atoms with Gasteiger partial charge in [0.2, 0.25) is 0 Å². The van der Waals surface area contributed by atoms with Crippen molar-refractivity contribution in [2.45, 2.75) is 29.3 Å². The lowest BCUT2D eigenvalue weighted by atomic mass is 10.1. The van der Waals surface area contributed by atoms with Crippen molar-refractivity contribution in [2.24, 2.45) is 5.73 Å². The van der Waals surface area contributed by atoms with E-state index in [9.17, 15) is 0 Å². The third kappa shape index (κ3) is 4.49. The summed E-state index contributed by atoms with van der Waals surface area (Å²) in [6.45, 7) is 2.01. The standard InChI is InChI=1S/C14H14BrClN2S/c1-9(17)6-10-2-4-13(12(15)7-10)19-14-5-3-11(16)8-18-14/h2-5,7-9H,6,17H2,1H3. The van der Waals surface area contributed by atoms with Gasteiger partial charge in [0.05, 0.1) is 5.02 Å². The number of rotatable bonds is 4. The Hall–Kier alpha value is -0.550. The van der Waals surface area contributed by atoms with Crippen molar-refractivity contribution >= 4 is 39.3 Å². The van der Waals surface area contributed by atoms with Gasteiger partial charge in [0.1, 0.15) is 5.03 Å². The van der Waals surface area contributed by atoms with Crippen molar-refractivity contribution in [3.63, 3.8) is 0 Å². The van der Waals surface area contributed by atoms with Crippen LogP contribution >= 0.6 is 39.3 Å². The number of hydrogen-bond acceptors (Lipinski definition) is 3. The van der Waals surface area contributed by atoms with Gasteiger partial charge in [-0.1, -0.05) is 29.4 Å². The lowest BCUT2D eigenvalue weighted by Crippen LogP contribution is -2.17. The summed E-state index contributed by atoms with van der Waals surface area (Å²) in [7, 11) is 0. The predicted octanol–water partition coefficient (Wildman–Crippen LogP) is 4.54. The summed E-state index contributed by atoms with van der Waals surface area (Å²) in [5, 5.41) is 1.57. The second-order valence-corrected chi connectivity index (χ2v) is 6.72. The van der Waals surface area contributed by atoms with E-state index in [0.29, 0.717) is 5.02 Å². The van der Waals surface area contributed by atoms with E-state index in [1.165, 1.54) is 5.56 Å². The van der Waals surface area contributed by atoms with Crippen molar-refractivity contribution in [3.8, 4) is 0 Å². The van der Waals surface area contributed by atoms with E-state index in [1.54, 1.807) is 18.0 Å². The molecule has 0 amide bonds. The van der Waals surface area contributed by atoms with Crippen molar-refractivity contribution in [1.29, 1.82) is 0 Å². The second kappa shape index (κ2) is 6.75. The van der Waals surface area contributed by atoms with E-state index in [4.69, 9.17) is 17.3 Å². The Balaban J connectivity index is 2.15. The molecule has 0 spiro atoms. The zero-order valence-corrected chi connectivity index (χ0v) is 13.6. The molecule has 0 aliphatic heterocycles. The third-order valence-electron chi connectivity index (χ3n) is 2.47. The van der Waals surface area contributed by atoms with Crippen LogP contribution in [0.3, 0.4) is 0 Å². The van der Waals surface area contributed by atoms with Crippen molar-refractivity contribution in [3.05, 3.63) is 51.6 Å². The molecule has 0 aliphatic rings. The van der Waals surface area contributed by atoms with Gasteiger partial charge in [0.25, 0.3) is 0 Å². The molecule has 0 fully saturated rings. The van der Waals surface area contributed by atoms with Crippen LogP contribution in [-0.4, -0.2) is 11.0 Å². The van der Waals surface area contributed by atoms with E-state index in [1.807, 2.05) is 19.1 Å². The minimum atomic E-state index is 0.170. The maximum absolute atomic E-state index is 5.82. The van der Waals surface area contributed by atoms with Crippen LogP contribution in [-0.2, 0) is 6.42 Å². The minimum absolute atomic E-state index is 0.170. The fourth-order valence-corrected chi connectivity index (χ4v) is 3.20. The third-order valence-corrected chi connectivity index (χ3v) is 4.64. The molecule has 2 rings (SSSR count). The van der Waals surface area contributed by atoms with Crippen LogP contribution < -0.4 is 5.73 Å². The van der Waals surface area contributed by atoms with Gasteiger partial charge in [0.15, 0.2) is 0 Å². The molecule has 2 N–H and O–H groups in total. The average molecular weight is 358 g/mol. The Morgan fingerprint density at radius 2 is 2.16 bits per heavy atom. The smallest absolute Gasteiger partial charge is 0.101 e. The maximum Gasteiger partial charge on any atom is 0.101 e. The quantitative estimate of drug-likeness (QED) is 0.873. The Kier molecular flexibility index (Phi) is 5.28. The van der Waals surface area contributed by atoms with Crippen LogP contribution in [0.15, 0.2) is 50.9 Å². The number of hydrogen-bond donors (Lipinski definition) is 1. The molecule has 0 radical (unpaired) electrons. The number of aromatic nitrogens is 1. The van der Waals surface area contributed by atoms with E-state index in [2.05, 4.69) is 39.1 Å². The van der Waals surface area contributed by atoms with Crippen LogP contribution in [0, 0.1) is 0 Å². The number of nitrogens with two attached hydrogens (primary N) is 1. The Morgan fingerprint density at radius 3 is 2.74 bits per heavy atom.